The molecule has 0 saturated carbocycles. The standard InChI is InChI=1S/C19H20ClN3O2/c1-13-10-14-6-4-3-5-7-16-17(8-9-21-18(16)20)19(24)23(25-2)12-15(14)11-22-13/h3,5,8-11H,4,6-7,12H2,1-2H3/b5-3+. The van der Waals surface area contributed by atoms with Gasteiger partial charge < -0.3 is 0 Å². The van der Waals surface area contributed by atoms with E-state index >= 15 is 0 Å². The average Bonchev–Trinajstić information content (AvgIpc) is 2.60. The maximum absolute atomic E-state index is 13.0. The van der Waals surface area contributed by atoms with Gasteiger partial charge in [-0.15, -0.1) is 0 Å². The van der Waals surface area contributed by atoms with Gasteiger partial charge in [0.25, 0.3) is 5.91 Å². The molecule has 5 nitrogen and oxygen atoms in total. The molecule has 0 aromatic carbocycles. The van der Waals surface area contributed by atoms with Gasteiger partial charge in [-0.2, -0.15) is 0 Å². The lowest BCUT2D eigenvalue weighted by atomic mass is 10.0. The summed E-state index contributed by atoms with van der Waals surface area (Å²) >= 11 is 6.22. The van der Waals surface area contributed by atoms with Crippen LogP contribution in [-0.4, -0.2) is 28.0 Å². The quantitative estimate of drug-likeness (QED) is 0.577. The van der Waals surface area contributed by atoms with Crippen LogP contribution in [0.15, 0.2) is 36.7 Å². The molecule has 0 N–H and O–H groups in total. The largest absolute Gasteiger partial charge is 0.278 e. The van der Waals surface area contributed by atoms with Gasteiger partial charge in [0.05, 0.1) is 13.7 Å². The highest BCUT2D eigenvalue weighted by Gasteiger charge is 2.22. The molecule has 0 atom stereocenters. The minimum Gasteiger partial charge on any atom is -0.274 e. The Morgan fingerprint density at radius 2 is 2.08 bits per heavy atom. The van der Waals surface area contributed by atoms with Gasteiger partial charge in [-0.1, -0.05) is 23.8 Å². The number of halogens is 1. The highest BCUT2D eigenvalue weighted by atomic mass is 35.5. The molecular formula is C19H20ClN3O2. The van der Waals surface area contributed by atoms with Crippen LogP contribution in [0, 0.1) is 6.92 Å². The van der Waals surface area contributed by atoms with Crippen LogP contribution in [0.4, 0.5) is 0 Å². The molecule has 0 fully saturated rings. The van der Waals surface area contributed by atoms with Gasteiger partial charge in [0.15, 0.2) is 0 Å². The summed E-state index contributed by atoms with van der Waals surface area (Å²) in [4.78, 5) is 26.8. The first kappa shape index (κ1) is 17.6. The van der Waals surface area contributed by atoms with Crippen molar-refractivity contribution in [1.82, 2.24) is 15.0 Å². The number of carbonyl (C=O) groups excluding carboxylic acids is 1. The highest BCUT2D eigenvalue weighted by Crippen LogP contribution is 2.23. The number of hydroxylamine groups is 2. The van der Waals surface area contributed by atoms with Crippen molar-refractivity contribution in [1.29, 1.82) is 0 Å². The normalized spacial score (nSPS) is 16.4. The minimum absolute atomic E-state index is 0.234. The number of amides is 1. The summed E-state index contributed by atoms with van der Waals surface area (Å²) in [6.07, 6.45) is 9.87. The average molecular weight is 358 g/mol. The third kappa shape index (κ3) is 3.89. The fraction of sp³-hybridized carbons (Fsp3) is 0.316. The fourth-order valence-corrected chi connectivity index (χ4v) is 3.18. The molecule has 0 aliphatic carbocycles. The van der Waals surface area contributed by atoms with Crippen molar-refractivity contribution in [2.45, 2.75) is 32.7 Å². The first-order chi connectivity index (χ1) is 12.1. The molecule has 2 aromatic heterocycles. The molecule has 6 heteroatoms. The van der Waals surface area contributed by atoms with Crippen molar-refractivity contribution >= 4 is 17.5 Å². The van der Waals surface area contributed by atoms with E-state index in [1.165, 1.54) is 17.7 Å². The van der Waals surface area contributed by atoms with Crippen LogP contribution < -0.4 is 0 Å². The number of pyridine rings is 2. The number of fused-ring (bicyclic) bond motifs is 2. The van der Waals surface area contributed by atoms with Gasteiger partial charge in [0, 0.05) is 29.2 Å². The molecule has 130 valence electrons. The fourth-order valence-electron chi connectivity index (χ4n) is 2.95. The van der Waals surface area contributed by atoms with E-state index < -0.39 is 0 Å². The molecule has 0 radical (unpaired) electrons. The van der Waals surface area contributed by atoms with E-state index in [0.29, 0.717) is 23.7 Å². The predicted molar refractivity (Wildman–Crippen MR) is 96.3 cm³/mol. The van der Waals surface area contributed by atoms with Gasteiger partial charge in [-0.25, -0.2) is 10.0 Å². The van der Waals surface area contributed by atoms with Crippen molar-refractivity contribution in [3.05, 3.63) is 69.8 Å². The van der Waals surface area contributed by atoms with E-state index in [4.69, 9.17) is 16.4 Å². The summed E-state index contributed by atoms with van der Waals surface area (Å²) < 4.78 is 0. The second kappa shape index (κ2) is 7.76. The maximum atomic E-state index is 13.0. The van der Waals surface area contributed by atoms with Gasteiger partial charge in [-0.3, -0.25) is 14.6 Å². The molecule has 0 unspecified atom stereocenters. The summed E-state index contributed by atoms with van der Waals surface area (Å²) in [6, 6.07) is 3.76. The Labute approximate surface area is 152 Å². The molecule has 25 heavy (non-hydrogen) atoms. The minimum atomic E-state index is -0.234. The summed E-state index contributed by atoms with van der Waals surface area (Å²) in [6.45, 7) is 2.30. The SMILES string of the molecule is CON1Cc2cnc(C)cc2CC/C=C/Cc2c(ccnc2Cl)C1=O. The third-order valence-corrected chi connectivity index (χ3v) is 4.61. The molecule has 2 aromatic rings. The lowest BCUT2D eigenvalue weighted by molar-refractivity contribution is -0.102. The molecule has 1 aliphatic rings. The monoisotopic (exact) mass is 357 g/mol. The van der Waals surface area contributed by atoms with Crippen molar-refractivity contribution in [3.63, 3.8) is 0 Å². The number of allylic oxidation sites excluding steroid dienone is 2. The third-order valence-electron chi connectivity index (χ3n) is 4.28. The van der Waals surface area contributed by atoms with Crippen LogP contribution in [0.3, 0.4) is 0 Å². The van der Waals surface area contributed by atoms with Crippen molar-refractivity contribution in [2.75, 3.05) is 7.11 Å². The molecule has 3 heterocycles. The van der Waals surface area contributed by atoms with Crippen LogP contribution in [0.1, 0.15) is 39.2 Å². The van der Waals surface area contributed by atoms with E-state index in [1.54, 1.807) is 12.3 Å². The van der Waals surface area contributed by atoms with Gasteiger partial charge >= 0.3 is 0 Å². The van der Waals surface area contributed by atoms with Crippen LogP contribution in [0.2, 0.25) is 5.15 Å². The Bertz CT molecular complexity index is 820. The van der Waals surface area contributed by atoms with E-state index in [-0.39, 0.29) is 5.91 Å². The number of aromatic nitrogens is 2. The zero-order valence-electron chi connectivity index (χ0n) is 14.3. The van der Waals surface area contributed by atoms with Crippen LogP contribution in [-0.2, 0) is 24.2 Å². The Kier molecular flexibility index (Phi) is 5.46. The Balaban J connectivity index is 2.06. The smallest absolute Gasteiger partial charge is 0.274 e. The van der Waals surface area contributed by atoms with Gasteiger partial charge in [0.1, 0.15) is 5.15 Å². The van der Waals surface area contributed by atoms with E-state index in [9.17, 15) is 4.79 Å². The maximum Gasteiger partial charge on any atom is 0.278 e. The zero-order chi connectivity index (χ0) is 17.8. The van der Waals surface area contributed by atoms with E-state index in [2.05, 4.69) is 22.1 Å². The van der Waals surface area contributed by atoms with Gasteiger partial charge in [0.2, 0.25) is 0 Å². The Morgan fingerprint density at radius 3 is 2.88 bits per heavy atom. The molecule has 3 rings (SSSR count). The summed E-state index contributed by atoms with van der Waals surface area (Å²) in [5.74, 6) is -0.234. The molecule has 0 saturated heterocycles. The second-order valence-electron chi connectivity index (χ2n) is 5.96. The summed E-state index contributed by atoms with van der Waals surface area (Å²) in [7, 11) is 1.49. The number of rotatable bonds is 1. The topological polar surface area (TPSA) is 55.3 Å². The van der Waals surface area contributed by atoms with E-state index in [0.717, 1.165) is 29.7 Å². The second-order valence-corrected chi connectivity index (χ2v) is 6.32. The van der Waals surface area contributed by atoms with Crippen LogP contribution in [0.25, 0.3) is 0 Å². The highest BCUT2D eigenvalue weighted by molar-refractivity contribution is 6.30. The zero-order valence-corrected chi connectivity index (χ0v) is 15.1. The lowest BCUT2D eigenvalue weighted by Crippen LogP contribution is -2.31. The Morgan fingerprint density at radius 1 is 1.24 bits per heavy atom. The van der Waals surface area contributed by atoms with Crippen LogP contribution in [0.5, 0.6) is 0 Å². The Hall–Kier alpha value is -2.24. The number of hydrogen-bond donors (Lipinski definition) is 0. The number of hydrogen-bond acceptors (Lipinski definition) is 4. The first-order valence-electron chi connectivity index (χ1n) is 8.19. The molecule has 1 aliphatic heterocycles. The lowest BCUT2D eigenvalue weighted by Gasteiger charge is -2.23. The number of carbonyl (C=O) groups is 1. The van der Waals surface area contributed by atoms with Crippen LogP contribution >= 0.6 is 11.6 Å². The summed E-state index contributed by atoms with van der Waals surface area (Å²) in [5, 5.41) is 1.69. The first-order valence-corrected chi connectivity index (χ1v) is 8.56. The van der Waals surface area contributed by atoms with Gasteiger partial charge in [-0.05, 0) is 49.4 Å². The molecular weight excluding hydrogens is 338 g/mol. The molecule has 0 bridgehead atoms. The molecule has 0 spiro atoms. The number of nitrogens with zero attached hydrogens (tertiary/aromatic N) is 3. The van der Waals surface area contributed by atoms with Crippen molar-refractivity contribution in [2.24, 2.45) is 0 Å². The predicted octanol–water partition coefficient (Wildman–Crippen LogP) is 3.69. The number of aryl methyl sites for hydroxylation is 2. The van der Waals surface area contributed by atoms with Crippen molar-refractivity contribution < 1.29 is 9.63 Å². The van der Waals surface area contributed by atoms with E-state index in [1.807, 2.05) is 19.2 Å². The van der Waals surface area contributed by atoms with Crippen molar-refractivity contribution in [3.8, 4) is 0 Å². The summed E-state index contributed by atoms with van der Waals surface area (Å²) in [5.41, 5.74) is 4.36. The molecule has 1 amide bonds.